The van der Waals surface area contributed by atoms with Crippen LogP contribution in [-0.2, 0) is 24.7 Å². The Labute approximate surface area is 311 Å². The number of halogens is 2. The van der Waals surface area contributed by atoms with Gasteiger partial charge in [-0.05, 0) is 0 Å². The summed E-state index contributed by atoms with van der Waals surface area (Å²) in [6, 6.07) is 27.2. The number of allylic oxidation sites excluding steroid dienone is 10. The van der Waals surface area contributed by atoms with Gasteiger partial charge < -0.3 is 0 Å². The second kappa shape index (κ2) is 10.9. The van der Waals surface area contributed by atoms with Crippen molar-refractivity contribution in [3.8, 4) is 0 Å². The number of hydrogen-bond donors (Lipinski definition) is 0. The Morgan fingerprint density at radius 1 is 0.720 bits per heavy atom. The topological polar surface area (TPSA) is 0 Å². The van der Waals surface area contributed by atoms with Gasteiger partial charge in [-0.2, -0.15) is 0 Å². The zero-order valence-corrected chi connectivity index (χ0v) is 35.2. The van der Waals surface area contributed by atoms with E-state index in [-0.39, 0.29) is 24.8 Å². The van der Waals surface area contributed by atoms with E-state index in [0.717, 1.165) is 35.7 Å². The van der Waals surface area contributed by atoms with E-state index < -0.39 is 18.3 Å². The molecule has 1 fully saturated rings. The summed E-state index contributed by atoms with van der Waals surface area (Å²) in [5.74, 6) is 0.399. The molecule has 0 amide bonds. The summed E-state index contributed by atoms with van der Waals surface area (Å²) >= 11 is 8.28. The third-order valence-corrected chi connectivity index (χ3v) is 37.2. The van der Waals surface area contributed by atoms with E-state index in [1.165, 1.54) is 26.5 Å². The van der Waals surface area contributed by atoms with Gasteiger partial charge in [0, 0.05) is 0 Å². The van der Waals surface area contributed by atoms with Crippen molar-refractivity contribution in [2.45, 2.75) is 84.2 Å². The molecule has 3 atom stereocenters. The molecule has 8 rings (SSSR count). The van der Waals surface area contributed by atoms with Gasteiger partial charge in [-0.3, -0.25) is 0 Å². The zero-order chi connectivity index (χ0) is 35.7. The van der Waals surface area contributed by atoms with Crippen LogP contribution in [0.25, 0.3) is 5.57 Å². The van der Waals surface area contributed by atoms with Crippen LogP contribution in [0.2, 0.25) is 13.2 Å². The number of benzene rings is 3. The molecule has 0 spiro atoms. The van der Waals surface area contributed by atoms with Crippen molar-refractivity contribution in [2.24, 2.45) is 27.6 Å². The van der Waals surface area contributed by atoms with Crippen LogP contribution in [0.5, 0.6) is 0 Å². The molecule has 3 aromatic carbocycles. The average Bonchev–Trinajstić information content (AvgIpc) is 3.77. The summed E-state index contributed by atoms with van der Waals surface area (Å²) in [7, 11) is 0. The van der Waals surface area contributed by atoms with Crippen LogP contribution in [0.15, 0.2) is 123 Å². The van der Waals surface area contributed by atoms with Crippen LogP contribution < -0.4 is 6.54 Å². The van der Waals surface area contributed by atoms with Gasteiger partial charge >= 0.3 is 314 Å². The third kappa shape index (κ3) is 3.72. The Bertz CT molecular complexity index is 2130. The maximum atomic E-state index is 6.76. The Morgan fingerprint density at radius 2 is 1.32 bits per heavy atom. The van der Waals surface area contributed by atoms with Gasteiger partial charge in [-0.1, -0.05) is 0 Å². The second-order valence-electron chi connectivity index (χ2n) is 18.0. The third-order valence-electron chi connectivity index (χ3n) is 16.8. The first-order valence-corrected chi connectivity index (χ1v) is 26.1. The van der Waals surface area contributed by atoms with E-state index in [4.69, 9.17) is 27.4 Å². The molecule has 5 aliphatic rings. The van der Waals surface area contributed by atoms with Crippen molar-refractivity contribution in [2.75, 3.05) is 0 Å². The molecule has 0 N–H and O–H groups in total. The molecule has 258 valence electrons. The first kappa shape index (κ1) is 34.8. The molecule has 3 heteroatoms. The molecule has 0 aromatic heterocycles. The van der Waals surface area contributed by atoms with E-state index in [1.54, 1.807) is 16.7 Å². The molecular formula is C47H52Cl2Zr. The Kier molecular flexibility index (Phi) is 7.56. The summed E-state index contributed by atoms with van der Waals surface area (Å²) in [5.41, 5.74) is 8.74. The van der Waals surface area contributed by atoms with Crippen molar-refractivity contribution >= 4 is 39.5 Å². The van der Waals surface area contributed by atoms with Crippen LogP contribution in [-0.4, -0.2) is 4.21 Å². The molecule has 0 heterocycles. The molecule has 0 aliphatic heterocycles. The monoisotopic (exact) mass is 776 g/mol. The summed E-state index contributed by atoms with van der Waals surface area (Å²) in [6.07, 6.45) is 16.2. The van der Waals surface area contributed by atoms with Crippen LogP contribution in [0.4, 0.5) is 0 Å². The van der Waals surface area contributed by atoms with Gasteiger partial charge in [0.1, 0.15) is 0 Å². The van der Waals surface area contributed by atoms with Gasteiger partial charge in [0.25, 0.3) is 0 Å². The fourth-order valence-electron chi connectivity index (χ4n) is 12.8. The van der Waals surface area contributed by atoms with Gasteiger partial charge in [0.15, 0.2) is 0 Å². The standard InChI is InChI=1S/C29H37.2C6H4Cl.C5H5.CH2.Zr/c1-18-25-22-17-19-13-9-10-14-20(19)24(22)21-15-11-12-16-23(21)29(25,8)28(6,7)27(4,5)26(18,2)3;2*7-6-4-2-1-3-5-6;1-2-4-5-3-1;;/h9-11,13-15,23H,12,16-17H2,1-8H3;2*2-5H;1-3H,4H2;1H2;. The van der Waals surface area contributed by atoms with E-state index in [0.29, 0.717) is 5.92 Å². The SMILES string of the molecule is [CH2]=[Zr]([C]1=CC=CC1)([c]1ccc(Cl)cc1)([c]1ccc(Cl)cc1)[C]1(C)C2=C3Cc4ccccc4C3=C3C=CCCC3C2(C)C(C)(C)C(C)(C)C1(C)C. The first-order valence-electron chi connectivity index (χ1n) is 18.6. The van der Waals surface area contributed by atoms with Crippen molar-refractivity contribution in [1.82, 2.24) is 0 Å². The fraction of sp³-hybridized carbons (Fsp3) is 0.383. The molecule has 3 aromatic rings. The van der Waals surface area contributed by atoms with E-state index >= 15 is 0 Å². The van der Waals surface area contributed by atoms with Gasteiger partial charge in [0.05, 0.1) is 0 Å². The van der Waals surface area contributed by atoms with Crippen LogP contribution in [0.1, 0.15) is 85.8 Å². The Hall–Kier alpha value is -2.31. The minimum absolute atomic E-state index is 0.0526. The number of fused-ring (bicyclic) bond motifs is 6. The summed E-state index contributed by atoms with van der Waals surface area (Å²) in [4.78, 5) is 0. The predicted molar refractivity (Wildman–Crippen MR) is 215 cm³/mol. The molecular weight excluding hydrogens is 727 g/mol. The Morgan fingerprint density at radius 3 is 1.90 bits per heavy atom. The quantitative estimate of drug-likeness (QED) is 0.247. The van der Waals surface area contributed by atoms with Crippen molar-refractivity contribution < 1.29 is 18.3 Å². The van der Waals surface area contributed by atoms with Gasteiger partial charge in [-0.15, -0.1) is 0 Å². The average molecular weight is 779 g/mol. The van der Waals surface area contributed by atoms with Gasteiger partial charge in [-0.25, -0.2) is 0 Å². The molecule has 5 aliphatic carbocycles. The second-order valence-corrected chi connectivity index (χ2v) is 33.0. The summed E-state index contributed by atoms with van der Waals surface area (Å²) in [6.45, 7) is 21.1. The predicted octanol–water partition coefficient (Wildman–Crippen LogP) is 12.5. The number of rotatable bonds is 4. The van der Waals surface area contributed by atoms with Crippen LogP contribution in [0, 0.1) is 27.6 Å². The summed E-state index contributed by atoms with van der Waals surface area (Å²) < 4.78 is 9.96. The van der Waals surface area contributed by atoms with Crippen molar-refractivity contribution in [3.63, 3.8) is 0 Å². The maximum absolute atomic E-state index is 6.76. The Balaban J connectivity index is 1.67. The van der Waals surface area contributed by atoms with E-state index in [2.05, 4.69) is 159 Å². The summed E-state index contributed by atoms with van der Waals surface area (Å²) in [5, 5.41) is 1.53. The first-order chi connectivity index (χ1) is 23.5. The van der Waals surface area contributed by atoms with Crippen molar-refractivity contribution in [3.05, 3.63) is 144 Å². The van der Waals surface area contributed by atoms with Gasteiger partial charge in [0.2, 0.25) is 0 Å². The normalized spacial score (nSPS) is 28.9. The van der Waals surface area contributed by atoms with Crippen LogP contribution >= 0.6 is 23.2 Å². The number of hydrogen-bond acceptors (Lipinski definition) is 0. The molecule has 3 unspecified atom stereocenters. The molecule has 50 heavy (non-hydrogen) atoms. The van der Waals surface area contributed by atoms with E-state index in [9.17, 15) is 0 Å². The molecule has 0 nitrogen and oxygen atoms in total. The molecule has 1 saturated carbocycles. The van der Waals surface area contributed by atoms with Crippen molar-refractivity contribution in [1.29, 1.82) is 0 Å². The minimum atomic E-state index is -5.24. The van der Waals surface area contributed by atoms with Crippen LogP contribution in [0.3, 0.4) is 0 Å². The molecule has 0 saturated heterocycles. The molecule has 0 bridgehead atoms. The van der Waals surface area contributed by atoms with E-state index in [1.807, 2.05) is 0 Å². The zero-order valence-electron chi connectivity index (χ0n) is 31.2. The fourth-order valence-corrected chi connectivity index (χ4v) is 33.6. The molecule has 0 radical (unpaired) electrons.